The van der Waals surface area contributed by atoms with Gasteiger partial charge in [0, 0.05) is 5.56 Å². The molecule has 7 nitrogen and oxygen atoms in total. The normalized spacial score (nSPS) is 16.6. The van der Waals surface area contributed by atoms with Gasteiger partial charge in [-0.05, 0) is 24.3 Å². The highest BCUT2D eigenvalue weighted by Gasteiger charge is 2.49. The lowest BCUT2D eigenvalue weighted by Gasteiger charge is -2.20. The molecule has 1 aliphatic heterocycles. The molecule has 1 aromatic rings. The Kier molecular flexibility index (Phi) is 5.31. The Labute approximate surface area is 141 Å². The van der Waals surface area contributed by atoms with Crippen molar-refractivity contribution in [2.75, 3.05) is 27.4 Å². The van der Waals surface area contributed by atoms with Crippen LogP contribution in [0.25, 0.3) is 0 Å². The monoisotopic (exact) mass is 360 g/mol. The van der Waals surface area contributed by atoms with Gasteiger partial charge >= 0.3 is 24.0 Å². The first-order chi connectivity index (χ1) is 11.6. The molecule has 1 aliphatic rings. The number of alkyl halides is 3. The van der Waals surface area contributed by atoms with Crippen molar-refractivity contribution >= 4 is 17.8 Å². The maximum atomic E-state index is 12.4. The smallest absolute Gasteiger partial charge is 0.406 e. The van der Waals surface area contributed by atoms with E-state index >= 15 is 0 Å². The zero-order valence-corrected chi connectivity index (χ0v) is 13.6. The van der Waals surface area contributed by atoms with Gasteiger partial charge in [-0.15, -0.1) is 0 Å². The Morgan fingerprint density at radius 2 is 1.60 bits per heavy atom. The number of carbonyl (C=O) groups excluding carboxylic acids is 3. The van der Waals surface area contributed by atoms with Crippen molar-refractivity contribution in [3.8, 4) is 5.75 Å². The van der Waals surface area contributed by atoms with Gasteiger partial charge in [0.15, 0.2) is 6.67 Å². The van der Waals surface area contributed by atoms with Crippen LogP contribution in [-0.2, 0) is 16.1 Å². The molecule has 1 unspecified atom stereocenters. The van der Waals surface area contributed by atoms with E-state index in [1.165, 1.54) is 7.11 Å². The van der Waals surface area contributed by atoms with E-state index in [9.17, 15) is 27.6 Å². The number of nitrogens with one attached hydrogen (secondary N) is 1. The largest absolute Gasteiger partial charge is 0.497 e. The number of hydrogen-bond acceptors (Lipinski definition) is 4. The van der Waals surface area contributed by atoms with Crippen molar-refractivity contribution in [2.24, 2.45) is 0 Å². The highest BCUT2D eigenvalue weighted by Crippen LogP contribution is 2.20. The molecule has 0 saturated carbocycles. The van der Waals surface area contributed by atoms with E-state index in [0.29, 0.717) is 22.1 Å². The highest BCUT2D eigenvalue weighted by atomic mass is 19.4. The fourth-order valence-electron chi connectivity index (χ4n) is 2.43. The Bertz CT molecular complexity index is 676. The summed E-state index contributed by atoms with van der Waals surface area (Å²) in [6.45, 7) is -1.59. The van der Waals surface area contributed by atoms with Gasteiger partial charge in [-0.2, -0.15) is 13.2 Å². The number of halogens is 3. The Balaban J connectivity index is 2.01. The quantitative estimate of drug-likeness (QED) is 0.574. The van der Waals surface area contributed by atoms with Gasteiger partial charge in [0.05, 0.1) is 14.2 Å². The molecule has 4 amide bonds. The third-order valence-electron chi connectivity index (χ3n) is 3.57. The van der Waals surface area contributed by atoms with Gasteiger partial charge < -0.3 is 9.64 Å². The summed E-state index contributed by atoms with van der Waals surface area (Å²) in [6, 6.07) is 5.81. The number of imide groups is 2. The van der Waals surface area contributed by atoms with E-state index in [-0.39, 0.29) is 11.6 Å². The van der Waals surface area contributed by atoms with E-state index in [1.807, 2.05) is 0 Å². The molecule has 25 heavy (non-hydrogen) atoms. The average molecular weight is 360 g/mol. The van der Waals surface area contributed by atoms with Crippen LogP contribution in [0.2, 0.25) is 0 Å². The van der Waals surface area contributed by atoms with Crippen LogP contribution in [0, 0.1) is 0 Å². The van der Waals surface area contributed by atoms with Crippen LogP contribution in [0.4, 0.5) is 18.0 Å². The maximum absolute atomic E-state index is 12.4. The van der Waals surface area contributed by atoms with Crippen molar-refractivity contribution in [3.05, 3.63) is 29.8 Å². The first-order valence-corrected chi connectivity index (χ1v) is 7.30. The Morgan fingerprint density at radius 3 is 2.12 bits per heavy atom. The van der Waals surface area contributed by atoms with Crippen LogP contribution in [0.5, 0.6) is 5.75 Å². The molecule has 136 valence electrons. The summed E-state index contributed by atoms with van der Waals surface area (Å²) >= 11 is 0. The number of amides is 4. The van der Waals surface area contributed by atoms with Crippen LogP contribution >= 0.6 is 0 Å². The van der Waals surface area contributed by atoms with E-state index in [0.717, 1.165) is 5.56 Å². The SMILES string of the molecule is COc1ccc(C[NH+](C)CN2C(=O)C(=O)N(CC(F)(F)F)C2=O)cc1. The summed E-state index contributed by atoms with van der Waals surface area (Å²) in [5, 5.41) is 0. The van der Waals surface area contributed by atoms with Gasteiger partial charge in [0.2, 0.25) is 0 Å². The molecule has 0 aliphatic carbocycles. The molecule has 1 aromatic carbocycles. The first-order valence-electron chi connectivity index (χ1n) is 7.30. The topological polar surface area (TPSA) is 71.4 Å². The summed E-state index contributed by atoms with van der Waals surface area (Å²) in [5.41, 5.74) is 0.871. The minimum atomic E-state index is -4.76. The zero-order valence-electron chi connectivity index (χ0n) is 13.6. The molecule has 0 aromatic heterocycles. The standard InChI is InChI=1S/C15H16F3N3O4/c1-19(7-10-3-5-11(25-2)6-4-10)9-21-13(23)12(22)20(14(21)24)8-15(16,17)18/h3-6H,7-9H2,1-2H3/p+1. The number of nitrogens with zero attached hydrogens (tertiary/aromatic N) is 2. The molecule has 10 heteroatoms. The number of hydrogen-bond donors (Lipinski definition) is 1. The molecule has 0 spiro atoms. The lowest BCUT2D eigenvalue weighted by Crippen LogP contribution is -3.09. The molecule has 0 radical (unpaired) electrons. The molecule has 0 bridgehead atoms. The van der Waals surface area contributed by atoms with Crippen LogP contribution in [-0.4, -0.2) is 61.2 Å². The fourth-order valence-corrected chi connectivity index (χ4v) is 2.43. The highest BCUT2D eigenvalue weighted by molar-refractivity contribution is 6.44. The van der Waals surface area contributed by atoms with Crippen molar-refractivity contribution in [1.29, 1.82) is 0 Å². The number of ether oxygens (including phenoxy) is 1. The summed E-state index contributed by atoms with van der Waals surface area (Å²) in [5.74, 6) is -2.04. The number of methoxy groups -OCH3 is 1. The number of rotatable bonds is 6. The number of benzene rings is 1. The Hall–Kier alpha value is -2.62. The van der Waals surface area contributed by atoms with Crippen LogP contribution in [0.1, 0.15) is 5.56 Å². The second kappa shape index (κ2) is 7.09. The first kappa shape index (κ1) is 18.7. The summed E-state index contributed by atoms with van der Waals surface area (Å²) < 4.78 is 42.3. The lowest BCUT2D eigenvalue weighted by atomic mass is 10.2. The number of urea groups is 1. The van der Waals surface area contributed by atoms with Gasteiger partial charge in [-0.3, -0.25) is 9.59 Å². The molecular weight excluding hydrogens is 343 g/mol. The van der Waals surface area contributed by atoms with E-state index < -0.39 is 30.6 Å². The van der Waals surface area contributed by atoms with Crippen molar-refractivity contribution in [3.63, 3.8) is 0 Å². The lowest BCUT2D eigenvalue weighted by molar-refractivity contribution is -0.901. The molecule has 1 saturated heterocycles. The summed E-state index contributed by atoms with van der Waals surface area (Å²) in [6.07, 6.45) is -4.76. The van der Waals surface area contributed by atoms with E-state index in [2.05, 4.69) is 0 Å². The molecule has 1 fully saturated rings. The number of quaternary nitrogens is 1. The molecule has 1 heterocycles. The predicted octanol–water partition coefficient (Wildman–Crippen LogP) is 0.0205. The van der Waals surface area contributed by atoms with Crippen molar-refractivity contribution < 1.29 is 37.2 Å². The van der Waals surface area contributed by atoms with Gasteiger partial charge in [0.25, 0.3) is 0 Å². The zero-order chi connectivity index (χ0) is 18.8. The van der Waals surface area contributed by atoms with E-state index in [1.54, 1.807) is 31.3 Å². The second-order valence-electron chi connectivity index (χ2n) is 5.66. The van der Waals surface area contributed by atoms with E-state index in [4.69, 9.17) is 4.74 Å². The molecular formula is C15H17F3N3O4+. The fraction of sp³-hybridized carbons (Fsp3) is 0.400. The summed E-state index contributed by atoms with van der Waals surface area (Å²) in [4.78, 5) is 36.5. The molecule has 1 N–H and O–H groups in total. The maximum Gasteiger partial charge on any atom is 0.406 e. The molecule has 2 rings (SSSR count). The molecule has 1 atom stereocenters. The predicted molar refractivity (Wildman–Crippen MR) is 78.5 cm³/mol. The van der Waals surface area contributed by atoms with Crippen molar-refractivity contribution in [1.82, 2.24) is 9.80 Å². The third kappa shape index (κ3) is 4.47. The van der Waals surface area contributed by atoms with Crippen molar-refractivity contribution in [2.45, 2.75) is 12.7 Å². The van der Waals surface area contributed by atoms with Crippen LogP contribution in [0.3, 0.4) is 0 Å². The third-order valence-corrected chi connectivity index (χ3v) is 3.57. The Morgan fingerprint density at radius 1 is 1.04 bits per heavy atom. The minimum absolute atomic E-state index is 0.0804. The van der Waals surface area contributed by atoms with Gasteiger partial charge in [0.1, 0.15) is 18.8 Å². The minimum Gasteiger partial charge on any atom is -0.497 e. The number of carbonyl (C=O) groups is 3. The van der Waals surface area contributed by atoms with Crippen LogP contribution in [0.15, 0.2) is 24.3 Å². The van der Waals surface area contributed by atoms with Gasteiger partial charge in [-0.1, -0.05) is 0 Å². The second-order valence-corrected chi connectivity index (χ2v) is 5.66. The summed E-state index contributed by atoms with van der Waals surface area (Å²) in [7, 11) is 3.18. The van der Waals surface area contributed by atoms with Gasteiger partial charge in [-0.25, -0.2) is 14.6 Å². The van der Waals surface area contributed by atoms with Crippen LogP contribution < -0.4 is 9.64 Å². The average Bonchev–Trinajstić information content (AvgIpc) is 2.72.